The van der Waals surface area contributed by atoms with E-state index in [0.29, 0.717) is 6.08 Å². The first-order valence-corrected chi connectivity index (χ1v) is 5.64. The van der Waals surface area contributed by atoms with Gasteiger partial charge >= 0.3 is 19.5 Å². The Labute approximate surface area is 115 Å². The van der Waals surface area contributed by atoms with E-state index in [1.807, 2.05) is 6.92 Å². The summed E-state index contributed by atoms with van der Waals surface area (Å²) in [6.07, 6.45) is 4.67. The summed E-state index contributed by atoms with van der Waals surface area (Å²) in [6, 6.07) is 0. The molecule has 4 nitrogen and oxygen atoms in total. The Morgan fingerprint density at radius 2 is 1.82 bits per heavy atom. The van der Waals surface area contributed by atoms with E-state index in [1.165, 1.54) is 0 Å². The first-order valence-electron chi connectivity index (χ1n) is 5.64. The van der Waals surface area contributed by atoms with Gasteiger partial charge in [0, 0.05) is 0 Å². The zero-order chi connectivity index (χ0) is 12.6. The van der Waals surface area contributed by atoms with Crippen molar-refractivity contribution in [1.29, 1.82) is 0 Å². The van der Waals surface area contributed by atoms with Crippen LogP contribution >= 0.6 is 0 Å². The summed E-state index contributed by atoms with van der Waals surface area (Å²) in [7, 11) is 0. The molecule has 5 heteroatoms. The minimum atomic E-state index is -1.48. The first kappa shape index (κ1) is 18.7. The average molecular weight is 292 g/mol. The third-order valence-electron chi connectivity index (χ3n) is 2.61. The van der Waals surface area contributed by atoms with Gasteiger partial charge in [0.25, 0.3) is 0 Å². The number of carboxylic acids is 2. The molecule has 0 aromatic carbocycles. The molecule has 1 unspecified atom stereocenters. The van der Waals surface area contributed by atoms with E-state index in [9.17, 15) is 19.8 Å². The minimum absolute atomic E-state index is 0. The first-order chi connectivity index (χ1) is 7.51. The topological polar surface area (TPSA) is 80.3 Å². The standard InChI is InChI=1S/C12H20O4.Zn/c1-3-5-6-9(4-2)7-10(12(15)16)8-11(13)14;/h8-9H,3-7H2,1-2H3,(H,13,14)(H,15,16);/q;+2/p-2/b10-8-;. The maximum absolute atomic E-state index is 10.7. The fourth-order valence-corrected chi connectivity index (χ4v) is 1.60. The molecule has 0 N–H and O–H groups in total. The fraction of sp³-hybridized carbons (Fsp3) is 0.667. The van der Waals surface area contributed by atoms with Gasteiger partial charge in [-0.2, -0.15) is 0 Å². The molecule has 0 aliphatic rings. The van der Waals surface area contributed by atoms with E-state index >= 15 is 0 Å². The van der Waals surface area contributed by atoms with Gasteiger partial charge in [0.05, 0.1) is 11.9 Å². The number of rotatable bonds is 8. The maximum Gasteiger partial charge on any atom is 2.00 e. The van der Waals surface area contributed by atoms with Crippen molar-refractivity contribution in [1.82, 2.24) is 0 Å². The quantitative estimate of drug-likeness (QED) is 0.466. The van der Waals surface area contributed by atoms with Gasteiger partial charge in [-0.3, -0.25) is 0 Å². The molecule has 0 saturated heterocycles. The number of hydrogen-bond donors (Lipinski definition) is 0. The second-order valence-electron chi connectivity index (χ2n) is 3.90. The Kier molecular flexibility index (Phi) is 11.5. The molecular weight excluding hydrogens is 274 g/mol. The van der Waals surface area contributed by atoms with Gasteiger partial charge in [-0.25, -0.2) is 0 Å². The van der Waals surface area contributed by atoms with Crippen LogP contribution in [0.1, 0.15) is 46.0 Å². The van der Waals surface area contributed by atoms with Gasteiger partial charge in [0.2, 0.25) is 0 Å². The van der Waals surface area contributed by atoms with E-state index in [0.717, 1.165) is 25.7 Å². The second kappa shape index (κ2) is 10.5. The second-order valence-corrected chi connectivity index (χ2v) is 3.90. The summed E-state index contributed by atoms with van der Waals surface area (Å²) < 4.78 is 0. The molecule has 0 aliphatic heterocycles. The molecule has 0 fully saturated rings. The molecule has 0 heterocycles. The van der Waals surface area contributed by atoms with Crippen LogP contribution in [0.3, 0.4) is 0 Å². The van der Waals surface area contributed by atoms with E-state index in [2.05, 4.69) is 6.92 Å². The fourth-order valence-electron chi connectivity index (χ4n) is 1.60. The predicted octanol–water partition coefficient (Wildman–Crippen LogP) is 0.0166. The Morgan fingerprint density at radius 1 is 1.24 bits per heavy atom. The molecule has 0 rings (SSSR count). The minimum Gasteiger partial charge on any atom is -0.545 e. The zero-order valence-corrected chi connectivity index (χ0v) is 13.5. The molecule has 0 aliphatic carbocycles. The summed E-state index contributed by atoms with van der Waals surface area (Å²) in [6.45, 7) is 4.02. The molecule has 92 valence electrons. The molecule has 1 atom stereocenters. The normalized spacial score (nSPS) is 12.7. The van der Waals surface area contributed by atoms with Gasteiger partial charge in [0.15, 0.2) is 0 Å². The van der Waals surface area contributed by atoms with Crippen molar-refractivity contribution in [3.8, 4) is 0 Å². The molecule has 17 heavy (non-hydrogen) atoms. The monoisotopic (exact) mass is 290 g/mol. The van der Waals surface area contributed by atoms with Crippen LogP contribution in [-0.2, 0) is 29.1 Å². The smallest absolute Gasteiger partial charge is 0.545 e. The molecule has 0 aromatic heterocycles. The zero-order valence-electron chi connectivity index (χ0n) is 10.5. The SMILES string of the molecule is CCCCC(CC)C/C(=C/C(=O)[O-])C(=O)[O-].[Zn+2]. The molecule has 0 aromatic rings. The summed E-state index contributed by atoms with van der Waals surface area (Å²) >= 11 is 0. The van der Waals surface area contributed by atoms with Crippen LogP contribution in [0.4, 0.5) is 0 Å². The molecular formula is C12H18O4Zn. The Bertz CT molecular complexity index is 274. The van der Waals surface area contributed by atoms with E-state index < -0.39 is 11.9 Å². The van der Waals surface area contributed by atoms with Crippen LogP contribution in [0, 0.1) is 5.92 Å². The van der Waals surface area contributed by atoms with E-state index in [4.69, 9.17) is 0 Å². The van der Waals surface area contributed by atoms with Crippen LogP contribution in [0.25, 0.3) is 0 Å². The van der Waals surface area contributed by atoms with Crippen LogP contribution in [0.15, 0.2) is 11.6 Å². The Hall–Kier alpha value is -0.697. The van der Waals surface area contributed by atoms with Crippen LogP contribution in [0.5, 0.6) is 0 Å². The van der Waals surface area contributed by atoms with Crippen LogP contribution in [0.2, 0.25) is 0 Å². The molecule has 0 amide bonds. The number of hydrogen-bond acceptors (Lipinski definition) is 4. The molecule has 0 saturated carbocycles. The number of carbonyl (C=O) groups is 2. The van der Waals surface area contributed by atoms with Gasteiger partial charge in [-0.1, -0.05) is 39.5 Å². The third kappa shape index (κ3) is 9.05. The van der Waals surface area contributed by atoms with Crippen molar-refractivity contribution in [3.63, 3.8) is 0 Å². The van der Waals surface area contributed by atoms with Gasteiger partial charge < -0.3 is 19.8 Å². The van der Waals surface area contributed by atoms with E-state index in [-0.39, 0.29) is 37.4 Å². The largest absolute Gasteiger partial charge is 2.00 e. The Morgan fingerprint density at radius 3 is 2.18 bits per heavy atom. The van der Waals surface area contributed by atoms with Crippen molar-refractivity contribution in [2.24, 2.45) is 5.92 Å². The number of carbonyl (C=O) groups excluding carboxylic acids is 2. The summed E-state index contributed by atoms with van der Waals surface area (Å²) in [5, 5.41) is 21.0. The number of aliphatic carboxylic acids is 2. The van der Waals surface area contributed by atoms with Crippen molar-refractivity contribution in [2.45, 2.75) is 46.0 Å². The van der Waals surface area contributed by atoms with E-state index in [1.54, 1.807) is 0 Å². The predicted molar refractivity (Wildman–Crippen MR) is 56.0 cm³/mol. The summed E-state index contributed by atoms with van der Waals surface area (Å²) in [5.41, 5.74) is -0.178. The summed E-state index contributed by atoms with van der Waals surface area (Å²) in [4.78, 5) is 21.0. The average Bonchev–Trinajstić information content (AvgIpc) is 2.21. The van der Waals surface area contributed by atoms with Crippen molar-refractivity contribution >= 4 is 11.9 Å². The van der Waals surface area contributed by atoms with Gasteiger partial charge in [-0.15, -0.1) is 0 Å². The third-order valence-corrected chi connectivity index (χ3v) is 2.61. The van der Waals surface area contributed by atoms with Crippen LogP contribution < -0.4 is 10.2 Å². The van der Waals surface area contributed by atoms with Crippen molar-refractivity contribution in [3.05, 3.63) is 11.6 Å². The van der Waals surface area contributed by atoms with Crippen LogP contribution in [-0.4, -0.2) is 11.9 Å². The molecule has 0 bridgehead atoms. The van der Waals surface area contributed by atoms with Gasteiger partial charge in [0.1, 0.15) is 0 Å². The maximum atomic E-state index is 10.7. The summed E-state index contributed by atoms with van der Waals surface area (Å²) in [5.74, 6) is -2.70. The Balaban J connectivity index is 0. The molecule has 0 radical (unpaired) electrons. The number of carboxylic acid groups (broad SMARTS) is 2. The van der Waals surface area contributed by atoms with Gasteiger partial charge in [-0.05, 0) is 24.0 Å². The molecule has 0 spiro atoms. The number of unbranched alkanes of at least 4 members (excludes halogenated alkanes) is 1. The van der Waals surface area contributed by atoms with Crippen molar-refractivity contribution in [2.75, 3.05) is 0 Å². The van der Waals surface area contributed by atoms with Crippen molar-refractivity contribution < 1.29 is 39.3 Å².